The molecule has 142 valence electrons. The normalized spacial score (nSPS) is 14.1. The molecule has 0 bridgehead atoms. The Morgan fingerprint density at radius 3 is 1.96 bits per heavy atom. The fourth-order valence-electron chi connectivity index (χ4n) is 3.80. The van der Waals surface area contributed by atoms with Crippen molar-refractivity contribution in [1.82, 2.24) is 0 Å². The van der Waals surface area contributed by atoms with Crippen LogP contribution in [0, 0.1) is 0 Å². The van der Waals surface area contributed by atoms with E-state index in [0.717, 1.165) is 11.1 Å². The molecule has 2 atom stereocenters. The van der Waals surface area contributed by atoms with E-state index in [2.05, 4.69) is 48.5 Å². The van der Waals surface area contributed by atoms with E-state index in [4.69, 9.17) is 0 Å². The maximum Gasteiger partial charge on any atom is 0.0693 e. The zero-order chi connectivity index (χ0) is 17.8. The SMILES string of the molecule is OC(CC(c1ccccc1)[c-]1[cH-][cH-][cH-][cH-]1)(c1ccccc1)[c-]1cccc1.[Fe]. The van der Waals surface area contributed by atoms with Crippen molar-refractivity contribution < 1.29 is 22.2 Å². The summed E-state index contributed by atoms with van der Waals surface area (Å²) in [5.74, 6) is 0.117. The van der Waals surface area contributed by atoms with Gasteiger partial charge in [-0.2, -0.15) is 18.1 Å². The summed E-state index contributed by atoms with van der Waals surface area (Å²) < 4.78 is 0. The third-order valence-electron chi connectivity index (χ3n) is 5.18. The Balaban J connectivity index is 0.00000210. The van der Waals surface area contributed by atoms with E-state index >= 15 is 0 Å². The van der Waals surface area contributed by atoms with Gasteiger partial charge in [0.05, 0.1) is 5.60 Å². The van der Waals surface area contributed by atoms with Crippen LogP contribution in [-0.2, 0) is 22.7 Å². The van der Waals surface area contributed by atoms with E-state index in [1.807, 2.05) is 60.7 Å². The number of benzene rings is 2. The molecule has 0 aromatic heterocycles. The standard InChI is InChI=1S/C25H22O.Fe/c26-25(23-17-9-10-18-23,22-15-5-2-6-16-22)19-24(21-13-7-8-14-21)20-11-3-1-4-12-20;/h1-18,24,26H,19H2;/q-6;. The Labute approximate surface area is 171 Å². The van der Waals surface area contributed by atoms with Gasteiger partial charge < -0.3 is 34.9 Å². The molecule has 0 heterocycles. The summed E-state index contributed by atoms with van der Waals surface area (Å²) in [6, 6.07) is 36.9. The van der Waals surface area contributed by atoms with Crippen LogP contribution in [0.2, 0.25) is 0 Å². The largest absolute Gasteiger partial charge is 0.748 e. The summed E-state index contributed by atoms with van der Waals surface area (Å²) in [6.07, 6.45) is 0.592. The van der Waals surface area contributed by atoms with Crippen LogP contribution in [0.1, 0.15) is 34.6 Å². The van der Waals surface area contributed by atoms with Crippen LogP contribution in [0.25, 0.3) is 0 Å². The summed E-state index contributed by atoms with van der Waals surface area (Å²) >= 11 is 0. The number of rotatable bonds is 6. The molecule has 4 rings (SSSR count). The minimum atomic E-state index is -1.04. The van der Waals surface area contributed by atoms with Crippen molar-refractivity contribution in [2.75, 3.05) is 0 Å². The molecule has 2 unspecified atom stereocenters. The summed E-state index contributed by atoms with van der Waals surface area (Å²) in [7, 11) is 0. The van der Waals surface area contributed by atoms with Gasteiger partial charge in [-0.3, -0.25) is 0 Å². The molecule has 1 nitrogen and oxygen atoms in total. The first-order valence-corrected chi connectivity index (χ1v) is 9.04. The molecule has 4 aromatic rings. The van der Waals surface area contributed by atoms with Crippen molar-refractivity contribution >= 4 is 0 Å². The number of aliphatic hydroxyl groups is 1. The van der Waals surface area contributed by atoms with E-state index in [1.165, 1.54) is 11.1 Å². The van der Waals surface area contributed by atoms with E-state index in [9.17, 15) is 5.11 Å². The van der Waals surface area contributed by atoms with E-state index in [-0.39, 0.29) is 23.0 Å². The summed E-state index contributed by atoms with van der Waals surface area (Å²) in [6.45, 7) is 0. The molecule has 2 heteroatoms. The van der Waals surface area contributed by atoms with Gasteiger partial charge >= 0.3 is 0 Å². The molecule has 27 heavy (non-hydrogen) atoms. The van der Waals surface area contributed by atoms with Crippen LogP contribution in [-0.4, -0.2) is 5.11 Å². The Morgan fingerprint density at radius 1 is 0.815 bits per heavy atom. The van der Waals surface area contributed by atoms with Crippen molar-refractivity contribution in [1.29, 1.82) is 0 Å². The van der Waals surface area contributed by atoms with Gasteiger partial charge in [0, 0.05) is 17.1 Å². The van der Waals surface area contributed by atoms with E-state index in [1.54, 1.807) is 0 Å². The molecular formula is C25H22FeO-6. The van der Waals surface area contributed by atoms with Crippen molar-refractivity contribution in [2.24, 2.45) is 0 Å². The molecule has 0 aliphatic carbocycles. The zero-order valence-electron chi connectivity index (χ0n) is 15.0. The second-order valence-corrected chi connectivity index (χ2v) is 6.79. The molecule has 0 aliphatic rings. The Morgan fingerprint density at radius 2 is 1.37 bits per heavy atom. The maximum absolute atomic E-state index is 11.9. The predicted molar refractivity (Wildman–Crippen MR) is 106 cm³/mol. The van der Waals surface area contributed by atoms with Crippen LogP contribution in [0.4, 0.5) is 0 Å². The summed E-state index contributed by atoms with van der Waals surface area (Å²) in [5, 5.41) is 11.9. The number of hydrogen-bond acceptors (Lipinski definition) is 1. The first kappa shape index (κ1) is 19.4. The molecule has 1 N–H and O–H groups in total. The van der Waals surface area contributed by atoms with Crippen LogP contribution in [0.5, 0.6) is 0 Å². The van der Waals surface area contributed by atoms with Crippen LogP contribution >= 0.6 is 0 Å². The molecule has 0 aliphatic heterocycles. The zero-order valence-corrected chi connectivity index (χ0v) is 16.1. The fraction of sp³-hybridized carbons (Fsp3) is 0.120. The minimum Gasteiger partial charge on any atom is -0.748 e. The van der Waals surface area contributed by atoms with Crippen molar-refractivity contribution in [2.45, 2.75) is 17.9 Å². The number of hydrogen-bond donors (Lipinski definition) is 1. The minimum absolute atomic E-state index is 0. The second-order valence-electron chi connectivity index (χ2n) is 6.79. The third-order valence-corrected chi connectivity index (χ3v) is 5.18. The smallest absolute Gasteiger partial charge is 0.0693 e. The van der Waals surface area contributed by atoms with E-state index < -0.39 is 5.60 Å². The average Bonchev–Trinajstić information content (AvgIpc) is 3.41. The monoisotopic (exact) mass is 394 g/mol. The summed E-state index contributed by atoms with van der Waals surface area (Å²) in [4.78, 5) is 0. The van der Waals surface area contributed by atoms with Gasteiger partial charge in [-0.05, 0) is 12.0 Å². The van der Waals surface area contributed by atoms with E-state index in [0.29, 0.717) is 6.42 Å². The van der Waals surface area contributed by atoms with Crippen LogP contribution < -0.4 is 0 Å². The molecule has 0 spiro atoms. The topological polar surface area (TPSA) is 20.2 Å². The van der Waals surface area contributed by atoms with Gasteiger partial charge in [-0.1, -0.05) is 66.2 Å². The third kappa shape index (κ3) is 3.99. The molecule has 0 fully saturated rings. The molecule has 4 aromatic carbocycles. The average molecular weight is 394 g/mol. The molecule has 0 amide bonds. The Hall–Kier alpha value is -2.38. The fourth-order valence-corrected chi connectivity index (χ4v) is 3.80. The van der Waals surface area contributed by atoms with Gasteiger partial charge in [0.1, 0.15) is 0 Å². The van der Waals surface area contributed by atoms with Gasteiger partial charge in [-0.15, -0.1) is 5.56 Å². The maximum atomic E-state index is 11.9. The molecule has 0 saturated heterocycles. The quantitative estimate of drug-likeness (QED) is 0.334. The first-order valence-electron chi connectivity index (χ1n) is 9.04. The van der Waals surface area contributed by atoms with Crippen molar-refractivity contribution in [3.05, 3.63) is 131 Å². The van der Waals surface area contributed by atoms with Gasteiger partial charge in [0.25, 0.3) is 0 Å². The van der Waals surface area contributed by atoms with Gasteiger partial charge in [0.2, 0.25) is 0 Å². The molecule has 0 radical (unpaired) electrons. The Bertz CT molecular complexity index is 911. The second kappa shape index (κ2) is 8.54. The predicted octanol–water partition coefficient (Wildman–Crippen LogP) is 5.58. The van der Waals surface area contributed by atoms with Crippen molar-refractivity contribution in [3.63, 3.8) is 0 Å². The summed E-state index contributed by atoms with van der Waals surface area (Å²) in [5.41, 5.74) is 3.29. The van der Waals surface area contributed by atoms with Crippen LogP contribution in [0.3, 0.4) is 0 Å². The van der Waals surface area contributed by atoms with Crippen molar-refractivity contribution in [3.8, 4) is 0 Å². The van der Waals surface area contributed by atoms with Crippen LogP contribution in [0.15, 0.2) is 109 Å². The van der Waals surface area contributed by atoms with Gasteiger partial charge in [-0.25, -0.2) is 12.1 Å². The molecular weight excluding hydrogens is 372 g/mol. The van der Waals surface area contributed by atoms with Gasteiger partial charge in [0.15, 0.2) is 0 Å². The first-order chi connectivity index (χ1) is 12.8. The molecule has 0 saturated carbocycles. The Kier molecular flexibility index (Phi) is 6.13.